The van der Waals surface area contributed by atoms with Crippen LogP contribution < -0.4 is 4.90 Å². The Balaban J connectivity index is 1.39. The summed E-state index contributed by atoms with van der Waals surface area (Å²) in [5.74, 6) is -0.358. The molecule has 2 saturated heterocycles. The van der Waals surface area contributed by atoms with Crippen molar-refractivity contribution in [3.63, 3.8) is 0 Å². The molecule has 1 atom stereocenters. The second-order valence-electron chi connectivity index (χ2n) is 7.58. The van der Waals surface area contributed by atoms with Crippen LogP contribution in [0.25, 0.3) is 0 Å². The molecule has 0 bridgehead atoms. The number of carbonyl (C=O) groups excluding carboxylic acids is 1. The van der Waals surface area contributed by atoms with E-state index in [-0.39, 0.29) is 24.4 Å². The van der Waals surface area contributed by atoms with E-state index in [0.717, 1.165) is 5.56 Å². The topological polar surface area (TPSA) is 62.2 Å². The van der Waals surface area contributed by atoms with Crippen molar-refractivity contribution in [3.05, 3.63) is 65.5 Å². The predicted octanol–water partition coefficient (Wildman–Crippen LogP) is 2.85. The molecule has 0 aliphatic carbocycles. The fourth-order valence-corrected chi connectivity index (χ4v) is 3.72. The van der Waals surface area contributed by atoms with Crippen molar-refractivity contribution in [2.45, 2.75) is 25.0 Å². The van der Waals surface area contributed by atoms with Gasteiger partial charge in [0, 0.05) is 18.5 Å². The van der Waals surface area contributed by atoms with Gasteiger partial charge in [-0.15, -0.1) is 0 Å². The molecule has 2 aromatic rings. The second kappa shape index (κ2) is 7.50. The normalized spacial score (nSPS) is 21.5. The van der Waals surface area contributed by atoms with Gasteiger partial charge in [0.15, 0.2) is 0 Å². The minimum absolute atomic E-state index is 0.215. The maximum atomic E-state index is 14.8. The van der Waals surface area contributed by atoms with Crippen molar-refractivity contribution in [2.75, 3.05) is 31.1 Å². The summed E-state index contributed by atoms with van der Waals surface area (Å²) in [4.78, 5) is 19.0. The van der Waals surface area contributed by atoms with Crippen LogP contribution >= 0.6 is 0 Å². The van der Waals surface area contributed by atoms with Crippen molar-refractivity contribution in [2.24, 2.45) is 0 Å². The fourth-order valence-electron chi connectivity index (χ4n) is 3.72. The Bertz CT molecular complexity index is 855. The van der Waals surface area contributed by atoms with Gasteiger partial charge in [0.05, 0.1) is 25.4 Å². The highest BCUT2D eigenvalue weighted by Crippen LogP contribution is 2.37. The Morgan fingerprint density at radius 2 is 2.00 bits per heavy atom. The maximum absolute atomic E-state index is 14.8. The predicted molar refractivity (Wildman–Crippen MR) is 101 cm³/mol. The minimum atomic E-state index is -0.574. The standard InChI is InChI=1S/C21H23FN2O4/c1-21(13-23(14-21)27-12-15-5-3-2-4-6-15)18-8-7-16(9-19(18)22)24-10-17(11-25)28-20(24)26/h2-9,17,25H,10-14H2,1H3. The van der Waals surface area contributed by atoms with E-state index in [1.807, 2.05) is 42.3 Å². The molecular weight excluding hydrogens is 363 g/mol. The monoisotopic (exact) mass is 386 g/mol. The van der Waals surface area contributed by atoms with Crippen molar-refractivity contribution in [1.29, 1.82) is 0 Å². The van der Waals surface area contributed by atoms with E-state index < -0.39 is 12.2 Å². The highest BCUT2D eigenvalue weighted by atomic mass is 19.1. The number of benzene rings is 2. The summed E-state index contributed by atoms with van der Waals surface area (Å²) in [5.41, 5.74) is 1.77. The van der Waals surface area contributed by atoms with Gasteiger partial charge < -0.3 is 9.84 Å². The van der Waals surface area contributed by atoms with Crippen molar-refractivity contribution in [1.82, 2.24) is 5.06 Å². The quantitative estimate of drug-likeness (QED) is 0.827. The largest absolute Gasteiger partial charge is 0.441 e. The highest BCUT2D eigenvalue weighted by Gasteiger charge is 2.43. The summed E-state index contributed by atoms with van der Waals surface area (Å²) in [6.45, 7) is 3.63. The molecule has 1 N–H and O–H groups in total. The van der Waals surface area contributed by atoms with Gasteiger partial charge in [-0.3, -0.25) is 9.74 Å². The van der Waals surface area contributed by atoms with E-state index in [2.05, 4.69) is 0 Å². The van der Waals surface area contributed by atoms with Gasteiger partial charge >= 0.3 is 6.09 Å². The number of nitrogens with zero attached hydrogens (tertiary/aromatic N) is 2. The van der Waals surface area contributed by atoms with Crippen LogP contribution in [0.2, 0.25) is 0 Å². The number of aliphatic hydroxyl groups excluding tert-OH is 1. The summed E-state index contributed by atoms with van der Waals surface area (Å²) < 4.78 is 19.8. The van der Waals surface area contributed by atoms with E-state index >= 15 is 0 Å². The van der Waals surface area contributed by atoms with Crippen molar-refractivity contribution >= 4 is 11.8 Å². The smallest absolute Gasteiger partial charge is 0.414 e. The van der Waals surface area contributed by atoms with Crippen LogP contribution in [-0.2, 0) is 21.6 Å². The number of hydrogen-bond acceptors (Lipinski definition) is 5. The molecule has 6 nitrogen and oxygen atoms in total. The molecule has 2 heterocycles. The van der Waals surface area contributed by atoms with Gasteiger partial charge in [0.1, 0.15) is 11.9 Å². The average molecular weight is 386 g/mol. The van der Waals surface area contributed by atoms with Crippen LogP contribution in [-0.4, -0.2) is 48.6 Å². The van der Waals surface area contributed by atoms with Crippen LogP contribution in [0.3, 0.4) is 0 Å². The van der Waals surface area contributed by atoms with Crippen LogP contribution in [0.15, 0.2) is 48.5 Å². The first-order chi connectivity index (χ1) is 13.5. The summed E-state index contributed by atoms with van der Waals surface area (Å²) >= 11 is 0. The van der Waals surface area contributed by atoms with Crippen LogP contribution in [0.1, 0.15) is 18.1 Å². The summed E-state index contributed by atoms with van der Waals surface area (Å²) in [5, 5.41) is 11.0. The number of hydrogen-bond donors (Lipinski definition) is 1. The average Bonchev–Trinajstić information content (AvgIpc) is 3.06. The van der Waals surface area contributed by atoms with Gasteiger partial charge in [-0.2, -0.15) is 5.06 Å². The Hall–Kier alpha value is -2.48. The second-order valence-corrected chi connectivity index (χ2v) is 7.58. The zero-order valence-electron chi connectivity index (χ0n) is 15.7. The molecule has 7 heteroatoms. The van der Waals surface area contributed by atoms with E-state index in [1.165, 1.54) is 11.0 Å². The lowest BCUT2D eigenvalue weighted by Gasteiger charge is -2.47. The number of carbonyl (C=O) groups is 1. The molecule has 2 aromatic carbocycles. The zero-order valence-corrected chi connectivity index (χ0v) is 15.7. The SMILES string of the molecule is CC1(c2ccc(N3CC(CO)OC3=O)cc2F)CN(OCc2ccccc2)C1. The van der Waals surface area contributed by atoms with E-state index in [0.29, 0.717) is 30.9 Å². The van der Waals surface area contributed by atoms with E-state index in [9.17, 15) is 9.18 Å². The van der Waals surface area contributed by atoms with Crippen molar-refractivity contribution < 1.29 is 23.9 Å². The van der Waals surface area contributed by atoms with Gasteiger partial charge in [-0.25, -0.2) is 9.18 Å². The molecule has 148 valence electrons. The molecule has 2 aliphatic rings. The zero-order chi connectivity index (χ0) is 19.7. The summed E-state index contributed by atoms with van der Waals surface area (Å²) in [6, 6.07) is 14.7. The molecule has 1 amide bonds. The summed E-state index contributed by atoms with van der Waals surface area (Å²) in [6.07, 6.45) is -1.14. The molecule has 0 saturated carbocycles. The number of ether oxygens (including phenoxy) is 1. The van der Waals surface area contributed by atoms with Gasteiger partial charge in [0.2, 0.25) is 0 Å². The maximum Gasteiger partial charge on any atom is 0.414 e. The first-order valence-electron chi connectivity index (χ1n) is 9.29. The summed E-state index contributed by atoms with van der Waals surface area (Å²) in [7, 11) is 0. The molecule has 0 radical (unpaired) electrons. The van der Waals surface area contributed by atoms with Gasteiger partial charge in [-0.1, -0.05) is 43.3 Å². The molecule has 1 unspecified atom stereocenters. The van der Waals surface area contributed by atoms with Gasteiger partial charge in [-0.05, 0) is 23.3 Å². The fraction of sp³-hybridized carbons (Fsp3) is 0.381. The lowest BCUT2D eigenvalue weighted by Crippen LogP contribution is -2.57. The minimum Gasteiger partial charge on any atom is -0.441 e. The number of amides is 1. The van der Waals surface area contributed by atoms with E-state index in [4.69, 9.17) is 14.7 Å². The number of anilines is 1. The first-order valence-corrected chi connectivity index (χ1v) is 9.29. The molecule has 28 heavy (non-hydrogen) atoms. The molecule has 2 fully saturated rings. The number of aliphatic hydroxyl groups is 1. The van der Waals surface area contributed by atoms with Crippen LogP contribution in [0.5, 0.6) is 0 Å². The third-order valence-corrected chi connectivity index (χ3v) is 5.30. The third kappa shape index (κ3) is 3.61. The number of rotatable bonds is 6. The molecule has 2 aliphatic heterocycles. The van der Waals surface area contributed by atoms with Crippen molar-refractivity contribution in [3.8, 4) is 0 Å². The molecule has 0 aromatic heterocycles. The molecule has 4 rings (SSSR count). The Morgan fingerprint density at radius 1 is 1.25 bits per heavy atom. The third-order valence-electron chi connectivity index (χ3n) is 5.30. The Morgan fingerprint density at radius 3 is 2.64 bits per heavy atom. The lowest BCUT2D eigenvalue weighted by molar-refractivity contribution is -0.234. The first kappa shape index (κ1) is 18.9. The highest BCUT2D eigenvalue weighted by molar-refractivity contribution is 5.89. The van der Waals surface area contributed by atoms with E-state index in [1.54, 1.807) is 12.1 Å². The number of hydroxylamine groups is 2. The molecule has 0 spiro atoms. The lowest BCUT2D eigenvalue weighted by atomic mass is 9.76. The van der Waals surface area contributed by atoms with Gasteiger partial charge in [0.25, 0.3) is 0 Å². The molecular formula is C21H23FN2O4. The van der Waals surface area contributed by atoms with Crippen LogP contribution in [0, 0.1) is 5.82 Å². The Labute approximate surface area is 163 Å². The number of cyclic esters (lactones) is 1. The Kier molecular flexibility index (Phi) is 5.05. The van der Waals surface area contributed by atoms with Crippen LogP contribution in [0.4, 0.5) is 14.9 Å². The number of halogens is 1.